The van der Waals surface area contributed by atoms with E-state index < -0.39 is 18.0 Å². The Morgan fingerprint density at radius 2 is 1.95 bits per heavy atom. The molecule has 1 atom stereocenters. The smallest absolute Gasteiger partial charge is 0.325 e. The van der Waals surface area contributed by atoms with Gasteiger partial charge in [-0.15, -0.1) is 0 Å². The second-order valence-corrected chi connectivity index (χ2v) is 4.34. The number of carboxylic acid groups (broad SMARTS) is 1. The van der Waals surface area contributed by atoms with Gasteiger partial charge in [0, 0.05) is 6.42 Å². The Labute approximate surface area is 110 Å². The van der Waals surface area contributed by atoms with Crippen molar-refractivity contribution in [3.63, 3.8) is 0 Å². The van der Waals surface area contributed by atoms with Crippen LogP contribution in [0.25, 0.3) is 0 Å². The van der Waals surface area contributed by atoms with Crippen LogP contribution in [-0.4, -0.2) is 34.0 Å². The molecule has 1 aliphatic rings. The fraction of sp³-hybridized carbons (Fsp3) is 0.308. The molecule has 100 valence electrons. The van der Waals surface area contributed by atoms with Crippen LogP contribution in [0.15, 0.2) is 30.3 Å². The van der Waals surface area contributed by atoms with E-state index in [4.69, 9.17) is 5.11 Å². The van der Waals surface area contributed by atoms with Crippen molar-refractivity contribution in [1.82, 2.24) is 10.2 Å². The van der Waals surface area contributed by atoms with Crippen LogP contribution >= 0.6 is 0 Å². The second-order valence-electron chi connectivity index (χ2n) is 4.34. The number of hydrogen-bond acceptors (Lipinski definition) is 3. The number of nitrogens with zero attached hydrogens (tertiary/aromatic N) is 1. The Balaban J connectivity index is 2.00. The van der Waals surface area contributed by atoms with E-state index in [0.29, 0.717) is 0 Å². The van der Waals surface area contributed by atoms with E-state index in [9.17, 15) is 14.4 Å². The summed E-state index contributed by atoms with van der Waals surface area (Å²) >= 11 is 0. The summed E-state index contributed by atoms with van der Waals surface area (Å²) in [7, 11) is 0. The topological polar surface area (TPSA) is 86.7 Å². The van der Waals surface area contributed by atoms with Crippen molar-refractivity contribution in [2.45, 2.75) is 25.4 Å². The zero-order chi connectivity index (χ0) is 13.8. The van der Waals surface area contributed by atoms with Crippen molar-refractivity contribution in [3.05, 3.63) is 35.9 Å². The van der Waals surface area contributed by atoms with Crippen molar-refractivity contribution in [2.24, 2.45) is 0 Å². The van der Waals surface area contributed by atoms with E-state index in [1.807, 2.05) is 30.3 Å². The van der Waals surface area contributed by atoms with Crippen LogP contribution < -0.4 is 5.32 Å². The van der Waals surface area contributed by atoms with Crippen LogP contribution in [0.3, 0.4) is 0 Å². The molecule has 1 heterocycles. The molecule has 1 saturated heterocycles. The molecule has 6 nitrogen and oxygen atoms in total. The summed E-state index contributed by atoms with van der Waals surface area (Å²) in [5.41, 5.74) is 0.852. The van der Waals surface area contributed by atoms with Crippen LogP contribution in [0.4, 0.5) is 4.79 Å². The number of imide groups is 1. The molecule has 6 heteroatoms. The number of aliphatic carboxylic acids is 1. The highest BCUT2D eigenvalue weighted by molar-refractivity contribution is 6.04. The largest absolute Gasteiger partial charge is 0.481 e. The summed E-state index contributed by atoms with van der Waals surface area (Å²) < 4.78 is 0. The number of carbonyl (C=O) groups is 3. The molecule has 0 aromatic heterocycles. The highest BCUT2D eigenvalue weighted by Crippen LogP contribution is 2.14. The van der Waals surface area contributed by atoms with Gasteiger partial charge >= 0.3 is 12.0 Å². The predicted molar refractivity (Wildman–Crippen MR) is 66.2 cm³/mol. The molecule has 0 radical (unpaired) electrons. The summed E-state index contributed by atoms with van der Waals surface area (Å²) in [4.78, 5) is 35.3. The maximum atomic E-state index is 12.0. The number of nitrogens with one attached hydrogen (secondary N) is 1. The van der Waals surface area contributed by atoms with Gasteiger partial charge in [0.2, 0.25) is 0 Å². The molecular weight excluding hydrogens is 248 g/mol. The molecule has 1 fully saturated rings. The van der Waals surface area contributed by atoms with Gasteiger partial charge in [-0.25, -0.2) is 4.79 Å². The molecule has 1 aromatic rings. The van der Waals surface area contributed by atoms with Crippen LogP contribution in [-0.2, 0) is 16.1 Å². The Hall–Kier alpha value is -2.37. The molecule has 0 saturated carbocycles. The van der Waals surface area contributed by atoms with Crippen molar-refractivity contribution in [1.29, 1.82) is 0 Å². The lowest BCUT2D eigenvalue weighted by molar-refractivity contribution is -0.137. The Bertz CT molecular complexity index is 501. The molecule has 2 N–H and O–H groups in total. The lowest BCUT2D eigenvalue weighted by Crippen LogP contribution is -2.31. The zero-order valence-electron chi connectivity index (χ0n) is 10.2. The van der Waals surface area contributed by atoms with Gasteiger partial charge in [0.1, 0.15) is 6.04 Å². The lowest BCUT2D eigenvalue weighted by atomic mass is 10.1. The SMILES string of the molecule is O=C(O)CC[C@H]1NC(=O)N(Cc2ccccc2)C1=O. The molecule has 19 heavy (non-hydrogen) atoms. The summed E-state index contributed by atoms with van der Waals surface area (Å²) in [6.45, 7) is 0.203. The summed E-state index contributed by atoms with van der Waals surface area (Å²) in [6, 6.07) is 7.96. The van der Waals surface area contributed by atoms with Gasteiger partial charge in [0.15, 0.2) is 0 Å². The second kappa shape index (κ2) is 5.51. The quantitative estimate of drug-likeness (QED) is 0.774. The fourth-order valence-electron chi connectivity index (χ4n) is 1.96. The number of carboxylic acids is 1. The molecule has 3 amide bonds. The average Bonchev–Trinajstić information content (AvgIpc) is 2.65. The zero-order valence-corrected chi connectivity index (χ0v) is 10.2. The number of urea groups is 1. The first-order chi connectivity index (χ1) is 9.08. The highest BCUT2D eigenvalue weighted by atomic mass is 16.4. The van der Waals surface area contributed by atoms with Crippen LogP contribution in [0.5, 0.6) is 0 Å². The number of rotatable bonds is 5. The third-order valence-corrected chi connectivity index (χ3v) is 2.94. The van der Waals surface area contributed by atoms with Crippen LogP contribution in [0.1, 0.15) is 18.4 Å². The highest BCUT2D eigenvalue weighted by Gasteiger charge is 2.37. The van der Waals surface area contributed by atoms with E-state index in [2.05, 4.69) is 5.32 Å². The first-order valence-corrected chi connectivity index (χ1v) is 5.95. The van der Waals surface area contributed by atoms with Gasteiger partial charge in [-0.05, 0) is 12.0 Å². The standard InChI is InChI=1S/C13H14N2O4/c16-11(17)7-6-10-12(18)15(13(19)14-10)8-9-4-2-1-3-5-9/h1-5,10H,6-8H2,(H,14,19)(H,16,17)/t10-/m1/s1. The van der Waals surface area contributed by atoms with E-state index in [1.54, 1.807) is 0 Å². The molecule has 1 aliphatic heterocycles. The van der Waals surface area contributed by atoms with Gasteiger partial charge in [0.05, 0.1) is 6.54 Å². The maximum Gasteiger partial charge on any atom is 0.325 e. The van der Waals surface area contributed by atoms with Crippen molar-refractivity contribution >= 4 is 17.9 Å². The molecule has 0 aliphatic carbocycles. The lowest BCUT2D eigenvalue weighted by Gasteiger charge is -2.12. The Morgan fingerprint density at radius 1 is 1.26 bits per heavy atom. The third-order valence-electron chi connectivity index (χ3n) is 2.94. The molecule has 2 rings (SSSR count). The number of hydrogen-bond donors (Lipinski definition) is 2. The monoisotopic (exact) mass is 262 g/mol. The summed E-state index contributed by atoms with van der Waals surface area (Å²) in [6.07, 6.45) is -0.0267. The Morgan fingerprint density at radius 3 is 2.58 bits per heavy atom. The van der Waals surface area contributed by atoms with Gasteiger partial charge in [-0.3, -0.25) is 14.5 Å². The number of carbonyl (C=O) groups excluding carboxylic acids is 2. The van der Waals surface area contributed by atoms with Crippen molar-refractivity contribution < 1.29 is 19.5 Å². The summed E-state index contributed by atoms with van der Waals surface area (Å²) in [5.74, 6) is -1.35. The maximum absolute atomic E-state index is 12.0. The third kappa shape index (κ3) is 3.09. The molecule has 1 aromatic carbocycles. The van der Waals surface area contributed by atoms with E-state index in [-0.39, 0.29) is 25.3 Å². The first kappa shape index (κ1) is 13.1. The van der Waals surface area contributed by atoms with Crippen LogP contribution in [0.2, 0.25) is 0 Å². The number of benzene rings is 1. The summed E-state index contributed by atoms with van der Waals surface area (Å²) in [5, 5.41) is 11.1. The Kier molecular flexibility index (Phi) is 3.79. The molecule has 0 bridgehead atoms. The molecule has 0 unspecified atom stereocenters. The minimum Gasteiger partial charge on any atom is -0.481 e. The van der Waals surface area contributed by atoms with E-state index >= 15 is 0 Å². The minimum absolute atomic E-state index is 0.116. The van der Waals surface area contributed by atoms with Gasteiger partial charge < -0.3 is 10.4 Å². The number of amides is 3. The van der Waals surface area contributed by atoms with E-state index in [0.717, 1.165) is 10.5 Å². The normalized spacial score (nSPS) is 18.5. The average molecular weight is 262 g/mol. The predicted octanol–water partition coefficient (Wildman–Crippen LogP) is 0.972. The van der Waals surface area contributed by atoms with Crippen molar-refractivity contribution in [2.75, 3.05) is 0 Å². The minimum atomic E-state index is -0.983. The first-order valence-electron chi connectivity index (χ1n) is 5.95. The van der Waals surface area contributed by atoms with Crippen molar-refractivity contribution in [3.8, 4) is 0 Å². The van der Waals surface area contributed by atoms with Gasteiger partial charge in [-0.2, -0.15) is 0 Å². The fourth-order valence-corrected chi connectivity index (χ4v) is 1.96. The molecular formula is C13H14N2O4. The van der Waals surface area contributed by atoms with Gasteiger partial charge in [-0.1, -0.05) is 30.3 Å². The molecule has 0 spiro atoms. The van der Waals surface area contributed by atoms with E-state index in [1.165, 1.54) is 0 Å². The van der Waals surface area contributed by atoms with Gasteiger partial charge in [0.25, 0.3) is 5.91 Å². The van der Waals surface area contributed by atoms with Crippen LogP contribution in [0, 0.1) is 0 Å².